The van der Waals surface area contributed by atoms with E-state index in [-0.39, 0.29) is 11.9 Å². The first-order valence-electron chi connectivity index (χ1n) is 7.84. The quantitative estimate of drug-likeness (QED) is 0.618. The molecule has 7 heteroatoms. The molecule has 26 heavy (non-hydrogen) atoms. The molecular formula is C19H16ClN3O3. The van der Waals surface area contributed by atoms with Crippen molar-refractivity contribution in [1.29, 1.82) is 0 Å². The highest BCUT2D eigenvalue weighted by atomic mass is 35.5. The number of nitrogens with one attached hydrogen (secondary N) is 3. The smallest absolute Gasteiger partial charge is 0.319 e. The van der Waals surface area contributed by atoms with Gasteiger partial charge in [-0.2, -0.15) is 0 Å². The molecule has 0 aliphatic heterocycles. The van der Waals surface area contributed by atoms with Gasteiger partial charge in [-0.15, -0.1) is 0 Å². The van der Waals surface area contributed by atoms with Gasteiger partial charge in [0.25, 0.3) is 5.91 Å². The monoisotopic (exact) mass is 369 g/mol. The molecule has 0 spiro atoms. The van der Waals surface area contributed by atoms with Crippen molar-refractivity contribution in [3.8, 4) is 0 Å². The number of benzene rings is 2. The normalized spacial score (nSPS) is 10.2. The van der Waals surface area contributed by atoms with Gasteiger partial charge in [0.15, 0.2) is 0 Å². The molecule has 6 nitrogen and oxygen atoms in total. The Labute approximate surface area is 155 Å². The molecule has 3 rings (SSSR count). The van der Waals surface area contributed by atoms with E-state index in [0.717, 1.165) is 5.56 Å². The number of urea groups is 1. The average molecular weight is 370 g/mol. The summed E-state index contributed by atoms with van der Waals surface area (Å²) in [4.78, 5) is 24.1. The van der Waals surface area contributed by atoms with Crippen LogP contribution in [0.3, 0.4) is 0 Å². The van der Waals surface area contributed by atoms with Crippen LogP contribution in [0.2, 0.25) is 5.02 Å². The number of rotatable bonds is 5. The number of carbonyl (C=O) groups is 2. The molecule has 1 heterocycles. The van der Waals surface area contributed by atoms with Crippen molar-refractivity contribution >= 4 is 34.9 Å². The van der Waals surface area contributed by atoms with E-state index in [9.17, 15) is 9.59 Å². The van der Waals surface area contributed by atoms with Crippen molar-refractivity contribution in [3.63, 3.8) is 0 Å². The summed E-state index contributed by atoms with van der Waals surface area (Å²) in [5.41, 5.74) is 2.35. The Morgan fingerprint density at radius 3 is 2.46 bits per heavy atom. The van der Waals surface area contributed by atoms with Crippen molar-refractivity contribution in [1.82, 2.24) is 5.32 Å². The molecule has 3 aromatic rings. The first-order chi connectivity index (χ1) is 12.6. The van der Waals surface area contributed by atoms with E-state index in [1.807, 2.05) is 18.2 Å². The summed E-state index contributed by atoms with van der Waals surface area (Å²) in [7, 11) is 0. The first kappa shape index (κ1) is 17.6. The maximum Gasteiger partial charge on any atom is 0.319 e. The maximum atomic E-state index is 12.1. The minimum atomic E-state index is -0.372. The summed E-state index contributed by atoms with van der Waals surface area (Å²) < 4.78 is 4.89. The Bertz CT molecular complexity index is 910. The van der Waals surface area contributed by atoms with Crippen LogP contribution in [0, 0.1) is 0 Å². The summed E-state index contributed by atoms with van der Waals surface area (Å²) in [5.74, 6) is -0.293. The fraction of sp³-hybridized carbons (Fsp3) is 0.0526. The second-order valence-corrected chi connectivity index (χ2v) is 5.85. The zero-order chi connectivity index (χ0) is 18.4. The van der Waals surface area contributed by atoms with Crippen molar-refractivity contribution in [2.75, 3.05) is 10.6 Å². The number of halogens is 1. The van der Waals surface area contributed by atoms with Crippen LogP contribution in [-0.2, 0) is 6.54 Å². The molecule has 132 valence electrons. The topological polar surface area (TPSA) is 83.4 Å². The Kier molecular flexibility index (Phi) is 5.56. The van der Waals surface area contributed by atoms with E-state index in [1.54, 1.807) is 36.4 Å². The molecule has 1 aromatic heterocycles. The van der Waals surface area contributed by atoms with Gasteiger partial charge < -0.3 is 20.4 Å². The number of hydrogen-bond donors (Lipinski definition) is 3. The molecular weight excluding hydrogens is 354 g/mol. The molecule has 0 aliphatic carbocycles. The van der Waals surface area contributed by atoms with Crippen molar-refractivity contribution in [3.05, 3.63) is 83.3 Å². The van der Waals surface area contributed by atoms with Gasteiger partial charge in [0.1, 0.15) is 6.26 Å². The number of amides is 3. The van der Waals surface area contributed by atoms with E-state index < -0.39 is 0 Å². The lowest BCUT2D eigenvalue weighted by Crippen LogP contribution is -2.28. The van der Waals surface area contributed by atoms with E-state index in [2.05, 4.69) is 16.0 Å². The lowest BCUT2D eigenvalue weighted by Gasteiger charge is -2.10. The second-order valence-electron chi connectivity index (χ2n) is 5.45. The fourth-order valence-corrected chi connectivity index (χ4v) is 2.47. The Balaban J connectivity index is 1.57. The van der Waals surface area contributed by atoms with Crippen LogP contribution in [0.15, 0.2) is 71.5 Å². The van der Waals surface area contributed by atoms with Gasteiger partial charge in [0.2, 0.25) is 0 Å². The zero-order valence-corrected chi connectivity index (χ0v) is 14.4. The Morgan fingerprint density at radius 1 is 0.962 bits per heavy atom. The lowest BCUT2D eigenvalue weighted by atomic mass is 10.2. The van der Waals surface area contributed by atoms with Crippen molar-refractivity contribution < 1.29 is 14.0 Å². The van der Waals surface area contributed by atoms with Crippen LogP contribution >= 0.6 is 11.6 Å². The van der Waals surface area contributed by atoms with Crippen LogP contribution in [-0.4, -0.2) is 11.9 Å². The first-order valence-corrected chi connectivity index (χ1v) is 8.21. The molecule has 0 radical (unpaired) electrons. The number of hydrogen-bond acceptors (Lipinski definition) is 3. The van der Waals surface area contributed by atoms with E-state index in [1.165, 1.54) is 12.5 Å². The van der Waals surface area contributed by atoms with E-state index >= 15 is 0 Å². The standard InChI is InChI=1S/C19H16ClN3O3/c20-17-7-2-1-4-13(17)11-21-19(25)23-16-6-3-5-15(10-16)22-18(24)14-8-9-26-12-14/h1-10,12H,11H2,(H,22,24)(H2,21,23,25). The third-order valence-electron chi connectivity index (χ3n) is 3.56. The van der Waals surface area contributed by atoms with Crippen molar-refractivity contribution in [2.45, 2.75) is 6.54 Å². The Morgan fingerprint density at radius 2 is 1.73 bits per heavy atom. The summed E-state index contributed by atoms with van der Waals surface area (Å²) in [6.45, 7) is 0.308. The molecule has 0 atom stereocenters. The molecule has 0 aliphatic rings. The van der Waals surface area contributed by atoms with Gasteiger partial charge >= 0.3 is 6.03 Å². The third-order valence-corrected chi connectivity index (χ3v) is 3.93. The molecule has 0 saturated heterocycles. The van der Waals surface area contributed by atoms with Gasteiger partial charge in [-0.3, -0.25) is 4.79 Å². The Hall–Kier alpha value is -3.25. The van der Waals surface area contributed by atoms with Gasteiger partial charge in [0.05, 0.1) is 11.8 Å². The predicted octanol–water partition coefficient (Wildman–Crippen LogP) is 4.51. The third kappa shape index (κ3) is 4.64. The predicted molar refractivity (Wildman–Crippen MR) is 100 cm³/mol. The highest BCUT2D eigenvalue weighted by molar-refractivity contribution is 6.31. The molecule has 2 aromatic carbocycles. The van der Waals surface area contributed by atoms with Gasteiger partial charge in [-0.25, -0.2) is 4.79 Å². The molecule has 0 saturated carbocycles. The minimum Gasteiger partial charge on any atom is -0.472 e. The summed E-state index contributed by atoms with van der Waals surface area (Å²) >= 11 is 6.06. The van der Waals surface area contributed by atoms with E-state index in [4.69, 9.17) is 16.0 Å². The summed E-state index contributed by atoms with van der Waals surface area (Å²) in [6, 6.07) is 15.3. The highest BCUT2D eigenvalue weighted by Crippen LogP contribution is 2.17. The number of carbonyl (C=O) groups excluding carboxylic acids is 2. The zero-order valence-electron chi connectivity index (χ0n) is 13.7. The van der Waals surface area contributed by atoms with Crippen LogP contribution in [0.1, 0.15) is 15.9 Å². The molecule has 0 fully saturated rings. The van der Waals surface area contributed by atoms with Gasteiger partial charge in [0, 0.05) is 22.9 Å². The summed E-state index contributed by atoms with van der Waals surface area (Å²) in [6.07, 6.45) is 2.79. The highest BCUT2D eigenvalue weighted by Gasteiger charge is 2.08. The van der Waals surface area contributed by atoms with Crippen LogP contribution in [0.4, 0.5) is 16.2 Å². The van der Waals surface area contributed by atoms with Gasteiger partial charge in [-0.1, -0.05) is 35.9 Å². The molecule has 0 bridgehead atoms. The number of anilines is 2. The lowest BCUT2D eigenvalue weighted by molar-refractivity contribution is 0.102. The van der Waals surface area contributed by atoms with E-state index in [0.29, 0.717) is 28.5 Å². The molecule has 0 unspecified atom stereocenters. The van der Waals surface area contributed by atoms with Gasteiger partial charge in [-0.05, 0) is 35.9 Å². The number of furan rings is 1. The molecule has 3 amide bonds. The fourth-order valence-electron chi connectivity index (χ4n) is 2.26. The van der Waals surface area contributed by atoms with Crippen LogP contribution in [0.25, 0.3) is 0 Å². The maximum absolute atomic E-state index is 12.1. The van der Waals surface area contributed by atoms with Crippen molar-refractivity contribution in [2.24, 2.45) is 0 Å². The average Bonchev–Trinajstić information content (AvgIpc) is 3.16. The largest absolute Gasteiger partial charge is 0.472 e. The van der Waals surface area contributed by atoms with Crippen LogP contribution < -0.4 is 16.0 Å². The minimum absolute atomic E-state index is 0.293. The van der Waals surface area contributed by atoms with Crippen LogP contribution in [0.5, 0.6) is 0 Å². The second kappa shape index (κ2) is 8.22. The summed E-state index contributed by atoms with van der Waals surface area (Å²) in [5, 5.41) is 8.78. The SMILES string of the molecule is O=C(NCc1ccccc1Cl)Nc1cccc(NC(=O)c2ccoc2)c1. The molecule has 3 N–H and O–H groups in total.